The normalized spacial score (nSPS) is 10.7. The molecule has 0 aromatic heterocycles. The summed E-state index contributed by atoms with van der Waals surface area (Å²) in [6.45, 7) is -0.598. The highest BCUT2D eigenvalue weighted by Crippen LogP contribution is 2.27. The lowest BCUT2D eigenvalue weighted by atomic mass is 10.2. The van der Waals surface area contributed by atoms with Gasteiger partial charge in [-0.05, 0) is 35.9 Å². The fraction of sp³-hybridized carbons (Fsp3) is 0.176. The van der Waals surface area contributed by atoms with Crippen molar-refractivity contribution in [1.82, 2.24) is 5.43 Å². The minimum Gasteiger partial charge on any atom is -0.493 e. The zero-order valence-electron chi connectivity index (χ0n) is 13.9. The maximum absolute atomic E-state index is 13.6. The Morgan fingerprint density at radius 3 is 2.42 bits per heavy atom. The fourth-order valence-corrected chi connectivity index (χ4v) is 2.35. The minimum absolute atomic E-state index is 0.226. The first-order valence-electron chi connectivity index (χ1n) is 7.26. The van der Waals surface area contributed by atoms with E-state index in [2.05, 4.69) is 26.5 Å². The van der Waals surface area contributed by atoms with Gasteiger partial charge in [-0.25, -0.2) is 14.2 Å². The van der Waals surface area contributed by atoms with E-state index in [1.807, 2.05) is 0 Å². The zero-order chi connectivity index (χ0) is 19.1. The van der Waals surface area contributed by atoms with Crippen molar-refractivity contribution in [2.75, 3.05) is 20.8 Å². The van der Waals surface area contributed by atoms with Crippen LogP contribution in [-0.4, -0.2) is 32.9 Å². The Hall–Kier alpha value is -2.68. The van der Waals surface area contributed by atoms with Gasteiger partial charge in [0, 0.05) is 4.47 Å². The lowest BCUT2D eigenvalue weighted by Crippen LogP contribution is -2.25. The second kappa shape index (κ2) is 9.14. The van der Waals surface area contributed by atoms with Gasteiger partial charge in [0.2, 0.25) is 0 Å². The summed E-state index contributed by atoms with van der Waals surface area (Å²) in [6.07, 6.45) is 1.38. The molecule has 2 aromatic rings. The molecule has 2 rings (SSSR count). The number of rotatable bonds is 7. The molecule has 0 unspecified atom stereocenters. The quantitative estimate of drug-likeness (QED) is 0.542. The van der Waals surface area contributed by atoms with Crippen LogP contribution in [0.25, 0.3) is 0 Å². The molecule has 1 amide bonds. The Kier molecular flexibility index (Phi) is 6.90. The molecule has 0 bridgehead atoms. The number of methoxy groups -OCH3 is 2. The van der Waals surface area contributed by atoms with Crippen molar-refractivity contribution in [2.45, 2.75) is 0 Å². The summed E-state index contributed by atoms with van der Waals surface area (Å²) >= 11 is 2.95. The molecule has 0 saturated heterocycles. The summed E-state index contributed by atoms with van der Waals surface area (Å²) in [7, 11) is 3.02. The van der Waals surface area contributed by atoms with Gasteiger partial charge in [0.15, 0.2) is 35.5 Å². The Morgan fingerprint density at radius 1 is 1.15 bits per heavy atom. The van der Waals surface area contributed by atoms with E-state index in [-0.39, 0.29) is 4.47 Å². The van der Waals surface area contributed by atoms with Gasteiger partial charge in [-0.3, -0.25) is 4.79 Å². The number of nitrogens with zero attached hydrogens (tertiary/aromatic N) is 1. The van der Waals surface area contributed by atoms with Gasteiger partial charge in [0.05, 0.1) is 20.4 Å². The van der Waals surface area contributed by atoms with Crippen LogP contribution in [0.3, 0.4) is 0 Å². The summed E-state index contributed by atoms with van der Waals surface area (Å²) in [5.74, 6) is -2.08. The van der Waals surface area contributed by atoms with Crippen molar-refractivity contribution in [3.8, 4) is 17.2 Å². The van der Waals surface area contributed by atoms with E-state index in [4.69, 9.17) is 14.2 Å². The van der Waals surface area contributed by atoms with E-state index in [1.165, 1.54) is 20.4 Å². The van der Waals surface area contributed by atoms with Crippen LogP contribution in [0.15, 0.2) is 39.9 Å². The second-order valence-electron chi connectivity index (χ2n) is 4.89. The number of amides is 1. The van der Waals surface area contributed by atoms with Crippen LogP contribution < -0.4 is 19.6 Å². The first kappa shape index (κ1) is 19.6. The molecule has 26 heavy (non-hydrogen) atoms. The first-order chi connectivity index (χ1) is 12.4. The van der Waals surface area contributed by atoms with E-state index in [1.54, 1.807) is 18.2 Å². The van der Waals surface area contributed by atoms with Crippen LogP contribution >= 0.6 is 15.9 Å². The van der Waals surface area contributed by atoms with Crippen molar-refractivity contribution in [1.29, 1.82) is 0 Å². The third-order valence-electron chi connectivity index (χ3n) is 3.12. The van der Waals surface area contributed by atoms with Crippen molar-refractivity contribution >= 4 is 28.1 Å². The number of hydrogen-bond donors (Lipinski definition) is 1. The van der Waals surface area contributed by atoms with E-state index in [0.29, 0.717) is 17.1 Å². The summed E-state index contributed by atoms with van der Waals surface area (Å²) < 4.78 is 42.5. The number of ether oxygens (including phenoxy) is 3. The molecule has 0 aliphatic heterocycles. The highest BCUT2D eigenvalue weighted by Gasteiger charge is 2.13. The number of halogens is 3. The van der Waals surface area contributed by atoms with Gasteiger partial charge in [0.25, 0.3) is 5.91 Å². The molecule has 0 aliphatic rings. The summed E-state index contributed by atoms with van der Waals surface area (Å²) in [4.78, 5) is 11.7. The average molecular weight is 429 g/mol. The van der Waals surface area contributed by atoms with Gasteiger partial charge >= 0.3 is 0 Å². The standard InChI is InChI=1S/C17H15BrF2N2O4/c1-24-14-4-3-10(5-15(14)25-2)8-21-22-16(23)9-26-17-12(19)6-11(18)7-13(17)20/h3-8H,9H2,1-2H3,(H,22,23)/b21-8+. The Bertz CT molecular complexity index is 807. The molecular weight excluding hydrogens is 414 g/mol. The largest absolute Gasteiger partial charge is 0.493 e. The predicted molar refractivity (Wildman–Crippen MR) is 94.8 cm³/mol. The third-order valence-corrected chi connectivity index (χ3v) is 3.58. The van der Waals surface area contributed by atoms with Crippen molar-refractivity contribution in [3.05, 3.63) is 52.0 Å². The highest BCUT2D eigenvalue weighted by molar-refractivity contribution is 9.10. The molecule has 0 aliphatic carbocycles. The first-order valence-corrected chi connectivity index (χ1v) is 8.05. The second-order valence-corrected chi connectivity index (χ2v) is 5.81. The topological polar surface area (TPSA) is 69.2 Å². The van der Waals surface area contributed by atoms with Crippen LogP contribution in [0.1, 0.15) is 5.56 Å². The monoisotopic (exact) mass is 428 g/mol. The number of carbonyl (C=O) groups is 1. The predicted octanol–water partition coefficient (Wildman–Crippen LogP) is 3.27. The lowest BCUT2D eigenvalue weighted by molar-refractivity contribution is -0.123. The molecule has 6 nitrogen and oxygen atoms in total. The molecule has 0 heterocycles. The van der Waals surface area contributed by atoms with E-state index in [9.17, 15) is 13.6 Å². The number of benzene rings is 2. The molecule has 1 N–H and O–H groups in total. The molecular formula is C17H15BrF2N2O4. The van der Waals surface area contributed by atoms with Crippen molar-refractivity contribution in [2.24, 2.45) is 5.10 Å². The summed E-state index contributed by atoms with van der Waals surface area (Å²) in [5.41, 5.74) is 2.84. The molecule has 138 valence electrons. The number of carbonyl (C=O) groups excluding carboxylic acids is 1. The smallest absolute Gasteiger partial charge is 0.277 e. The average Bonchev–Trinajstić information content (AvgIpc) is 2.60. The van der Waals surface area contributed by atoms with Gasteiger partial charge in [-0.2, -0.15) is 5.10 Å². The van der Waals surface area contributed by atoms with Gasteiger partial charge < -0.3 is 14.2 Å². The lowest BCUT2D eigenvalue weighted by Gasteiger charge is -2.08. The maximum Gasteiger partial charge on any atom is 0.277 e. The number of nitrogens with one attached hydrogen (secondary N) is 1. The van der Waals surface area contributed by atoms with Gasteiger partial charge in [-0.1, -0.05) is 15.9 Å². The van der Waals surface area contributed by atoms with Crippen LogP contribution in [-0.2, 0) is 4.79 Å². The minimum atomic E-state index is -0.918. The van der Waals surface area contributed by atoms with E-state index in [0.717, 1.165) is 12.1 Å². The highest BCUT2D eigenvalue weighted by atomic mass is 79.9. The molecule has 0 spiro atoms. The SMILES string of the molecule is COc1ccc(/C=N/NC(=O)COc2c(F)cc(Br)cc2F)cc1OC. The summed E-state index contributed by atoms with van der Waals surface area (Å²) in [6, 6.07) is 7.12. The fourth-order valence-electron chi connectivity index (χ4n) is 1.95. The molecule has 2 aromatic carbocycles. The third kappa shape index (κ3) is 5.16. The van der Waals surface area contributed by atoms with Crippen LogP contribution in [0.2, 0.25) is 0 Å². The molecule has 0 atom stereocenters. The number of hydrogen-bond acceptors (Lipinski definition) is 5. The Labute approximate surface area is 156 Å². The molecule has 9 heteroatoms. The molecule has 0 fully saturated rings. The Balaban J connectivity index is 1.92. The number of hydrazone groups is 1. The van der Waals surface area contributed by atoms with Crippen molar-refractivity contribution < 1.29 is 27.8 Å². The molecule has 0 saturated carbocycles. The Morgan fingerprint density at radius 2 is 1.81 bits per heavy atom. The van der Waals surface area contributed by atoms with Crippen LogP contribution in [0, 0.1) is 11.6 Å². The van der Waals surface area contributed by atoms with E-state index >= 15 is 0 Å². The maximum atomic E-state index is 13.6. The van der Waals surface area contributed by atoms with Crippen molar-refractivity contribution in [3.63, 3.8) is 0 Å². The van der Waals surface area contributed by atoms with Gasteiger partial charge in [-0.15, -0.1) is 0 Å². The zero-order valence-corrected chi connectivity index (χ0v) is 15.5. The summed E-state index contributed by atoms with van der Waals surface area (Å²) in [5, 5.41) is 3.75. The molecule has 0 radical (unpaired) electrons. The van der Waals surface area contributed by atoms with E-state index < -0.39 is 29.9 Å². The van der Waals surface area contributed by atoms with Crippen LogP contribution in [0.5, 0.6) is 17.2 Å². The van der Waals surface area contributed by atoms with Gasteiger partial charge in [0.1, 0.15) is 0 Å². The van der Waals surface area contributed by atoms with Crippen LogP contribution in [0.4, 0.5) is 8.78 Å².